The summed E-state index contributed by atoms with van der Waals surface area (Å²) in [6.07, 6.45) is 1.29. The molecule has 1 N–H and O–H groups in total. The predicted octanol–water partition coefficient (Wildman–Crippen LogP) is 3.11. The highest BCUT2D eigenvalue weighted by atomic mass is 127. The van der Waals surface area contributed by atoms with E-state index in [2.05, 4.69) is 32.9 Å². The Bertz CT molecular complexity index is 546. The molecule has 19 heavy (non-hydrogen) atoms. The summed E-state index contributed by atoms with van der Waals surface area (Å²) in [4.78, 5) is 15.7. The summed E-state index contributed by atoms with van der Waals surface area (Å²) in [7, 11) is 0. The number of alkyl carbamates (subject to hydrolysis) is 1. The van der Waals surface area contributed by atoms with Crippen LogP contribution in [0.25, 0.3) is 0 Å². The van der Waals surface area contributed by atoms with Gasteiger partial charge >= 0.3 is 6.09 Å². The zero-order valence-corrected chi connectivity index (χ0v) is 12.3. The standard InChI is InChI=1S/C14H13IN2O2/c15-13-12(7-4-8-16-13)9-17-14(18)19-10-11-5-2-1-3-6-11/h1-8H,9-10H2,(H,17,18). The van der Waals surface area contributed by atoms with Gasteiger partial charge in [0.25, 0.3) is 0 Å². The van der Waals surface area contributed by atoms with Gasteiger partial charge in [-0.3, -0.25) is 0 Å². The van der Waals surface area contributed by atoms with E-state index in [9.17, 15) is 4.79 Å². The topological polar surface area (TPSA) is 51.2 Å². The number of rotatable bonds is 4. The molecule has 1 amide bonds. The SMILES string of the molecule is O=C(NCc1cccnc1I)OCc1ccccc1. The van der Waals surface area contributed by atoms with Crippen LogP contribution in [0.15, 0.2) is 48.7 Å². The van der Waals surface area contributed by atoms with Crippen molar-refractivity contribution in [2.45, 2.75) is 13.2 Å². The van der Waals surface area contributed by atoms with Crippen LogP contribution in [0.2, 0.25) is 0 Å². The van der Waals surface area contributed by atoms with Gasteiger partial charge in [-0.05, 0) is 34.2 Å². The number of benzene rings is 1. The maximum Gasteiger partial charge on any atom is 0.407 e. The maximum absolute atomic E-state index is 11.5. The van der Waals surface area contributed by atoms with Crippen LogP contribution in [0.4, 0.5) is 4.79 Å². The van der Waals surface area contributed by atoms with Crippen LogP contribution >= 0.6 is 22.6 Å². The van der Waals surface area contributed by atoms with Crippen LogP contribution < -0.4 is 5.32 Å². The minimum absolute atomic E-state index is 0.275. The van der Waals surface area contributed by atoms with Crippen LogP contribution in [0.5, 0.6) is 0 Å². The summed E-state index contributed by atoms with van der Waals surface area (Å²) in [6, 6.07) is 13.3. The second-order valence-electron chi connectivity index (χ2n) is 3.87. The van der Waals surface area contributed by atoms with E-state index in [1.165, 1.54) is 0 Å². The average molecular weight is 368 g/mol. The number of carbonyl (C=O) groups excluding carboxylic acids is 1. The number of aromatic nitrogens is 1. The van der Waals surface area contributed by atoms with Gasteiger partial charge < -0.3 is 10.1 Å². The fourth-order valence-corrected chi connectivity index (χ4v) is 2.02. The Kier molecular flexibility index (Phi) is 5.14. The van der Waals surface area contributed by atoms with E-state index in [4.69, 9.17) is 4.74 Å². The lowest BCUT2D eigenvalue weighted by Crippen LogP contribution is -2.24. The van der Waals surface area contributed by atoms with Crippen molar-refractivity contribution >= 4 is 28.7 Å². The smallest absolute Gasteiger partial charge is 0.407 e. The highest BCUT2D eigenvalue weighted by Gasteiger charge is 2.04. The molecule has 0 saturated heterocycles. The lowest BCUT2D eigenvalue weighted by atomic mass is 10.2. The van der Waals surface area contributed by atoms with Crippen molar-refractivity contribution in [3.63, 3.8) is 0 Å². The van der Waals surface area contributed by atoms with Crippen LogP contribution in [0.3, 0.4) is 0 Å². The Labute approximate surface area is 125 Å². The Hall–Kier alpha value is -1.63. The van der Waals surface area contributed by atoms with E-state index in [0.29, 0.717) is 6.54 Å². The normalized spacial score (nSPS) is 9.95. The van der Waals surface area contributed by atoms with E-state index >= 15 is 0 Å². The molecule has 2 rings (SSSR count). The van der Waals surface area contributed by atoms with Crippen molar-refractivity contribution in [1.29, 1.82) is 0 Å². The third-order valence-corrected chi connectivity index (χ3v) is 3.44. The van der Waals surface area contributed by atoms with Gasteiger partial charge in [0.05, 0.1) is 0 Å². The van der Waals surface area contributed by atoms with E-state index in [0.717, 1.165) is 14.8 Å². The number of carbonyl (C=O) groups is 1. The van der Waals surface area contributed by atoms with Gasteiger partial charge in [-0.2, -0.15) is 0 Å². The van der Waals surface area contributed by atoms with E-state index in [1.54, 1.807) is 6.20 Å². The predicted molar refractivity (Wildman–Crippen MR) is 80.4 cm³/mol. The van der Waals surface area contributed by atoms with E-state index in [1.807, 2.05) is 42.5 Å². The maximum atomic E-state index is 11.5. The molecule has 0 atom stereocenters. The average Bonchev–Trinajstić information content (AvgIpc) is 2.45. The molecule has 0 bridgehead atoms. The highest BCUT2D eigenvalue weighted by Crippen LogP contribution is 2.07. The van der Waals surface area contributed by atoms with Crippen molar-refractivity contribution in [3.05, 3.63) is 63.5 Å². The molecule has 2 aromatic rings. The molecule has 5 heteroatoms. The zero-order chi connectivity index (χ0) is 13.5. The van der Waals surface area contributed by atoms with Gasteiger partial charge in [0.1, 0.15) is 10.3 Å². The molecule has 1 heterocycles. The van der Waals surface area contributed by atoms with Gasteiger partial charge in [0.2, 0.25) is 0 Å². The van der Waals surface area contributed by atoms with Crippen LogP contribution in [-0.4, -0.2) is 11.1 Å². The Balaban J connectivity index is 1.78. The number of hydrogen-bond acceptors (Lipinski definition) is 3. The van der Waals surface area contributed by atoms with Crippen LogP contribution in [0.1, 0.15) is 11.1 Å². The molecule has 4 nitrogen and oxygen atoms in total. The summed E-state index contributed by atoms with van der Waals surface area (Å²) in [5, 5.41) is 2.70. The number of nitrogens with zero attached hydrogens (tertiary/aromatic N) is 1. The summed E-state index contributed by atoms with van der Waals surface area (Å²) in [5.74, 6) is 0. The van der Waals surface area contributed by atoms with Gasteiger partial charge in [-0.15, -0.1) is 0 Å². The lowest BCUT2D eigenvalue weighted by molar-refractivity contribution is 0.139. The molecule has 0 aliphatic carbocycles. The van der Waals surface area contributed by atoms with Crippen molar-refractivity contribution in [2.24, 2.45) is 0 Å². The Morgan fingerprint density at radius 1 is 1.21 bits per heavy atom. The summed E-state index contributed by atoms with van der Waals surface area (Å²) in [5.41, 5.74) is 1.94. The zero-order valence-electron chi connectivity index (χ0n) is 10.2. The summed E-state index contributed by atoms with van der Waals surface area (Å²) >= 11 is 2.13. The lowest BCUT2D eigenvalue weighted by Gasteiger charge is -2.07. The number of hydrogen-bond donors (Lipinski definition) is 1. The molecule has 0 radical (unpaired) electrons. The monoisotopic (exact) mass is 368 g/mol. The second-order valence-corrected chi connectivity index (χ2v) is 4.89. The number of ether oxygens (including phenoxy) is 1. The number of pyridine rings is 1. The van der Waals surface area contributed by atoms with E-state index in [-0.39, 0.29) is 6.61 Å². The van der Waals surface area contributed by atoms with E-state index < -0.39 is 6.09 Å². The highest BCUT2D eigenvalue weighted by molar-refractivity contribution is 14.1. The molecule has 0 spiro atoms. The molecule has 0 fully saturated rings. The van der Waals surface area contributed by atoms with Gasteiger partial charge in [0, 0.05) is 18.3 Å². The van der Waals surface area contributed by atoms with Gasteiger partial charge in [-0.1, -0.05) is 36.4 Å². The first-order chi connectivity index (χ1) is 9.25. The fraction of sp³-hybridized carbons (Fsp3) is 0.143. The van der Waals surface area contributed by atoms with Crippen molar-refractivity contribution in [3.8, 4) is 0 Å². The number of halogens is 1. The fourth-order valence-electron chi connectivity index (χ4n) is 1.49. The first kappa shape index (κ1) is 13.8. The molecule has 0 aliphatic rings. The second kappa shape index (κ2) is 7.08. The largest absolute Gasteiger partial charge is 0.445 e. The Morgan fingerprint density at radius 3 is 2.74 bits per heavy atom. The minimum Gasteiger partial charge on any atom is -0.445 e. The number of amides is 1. The summed E-state index contributed by atoms with van der Waals surface area (Å²) < 4.78 is 5.99. The molecular weight excluding hydrogens is 355 g/mol. The molecule has 1 aromatic carbocycles. The molecule has 0 unspecified atom stereocenters. The third kappa shape index (κ3) is 4.51. The van der Waals surface area contributed by atoms with Crippen LogP contribution in [0, 0.1) is 3.70 Å². The molecular formula is C14H13IN2O2. The number of nitrogens with one attached hydrogen (secondary N) is 1. The third-order valence-electron chi connectivity index (χ3n) is 2.47. The molecule has 98 valence electrons. The minimum atomic E-state index is -0.427. The first-order valence-electron chi connectivity index (χ1n) is 5.79. The first-order valence-corrected chi connectivity index (χ1v) is 6.87. The summed E-state index contributed by atoms with van der Waals surface area (Å²) in [6.45, 7) is 0.691. The van der Waals surface area contributed by atoms with Crippen molar-refractivity contribution < 1.29 is 9.53 Å². The van der Waals surface area contributed by atoms with Gasteiger partial charge in [0.15, 0.2) is 0 Å². The molecule has 0 aliphatic heterocycles. The molecule has 0 saturated carbocycles. The quantitative estimate of drug-likeness (QED) is 0.667. The van der Waals surface area contributed by atoms with Crippen molar-refractivity contribution in [1.82, 2.24) is 10.3 Å². The van der Waals surface area contributed by atoms with Crippen LogP contribution in [-0.2, 0) is 17.9 Å². The Morgan fingerprint density at radius 2 is 2.00 bits per heavy atom. The molecule has 1 aromatic heterocycles. The van der Waals surface area contributed by atoms with Gasteiger partial charge in [-0.25, -0.2) is 9.78 Å². The van der Waals surface area contributed by atoms with Crippen molar-refractivity contribution in [2.75, 3.05) is 0 Å².